The Kier molecular flexibility index (Phi) is 5.56. The first-order chi connectivity index (χ1) is 15.7. The number of para-hydroxylation sites is 2. The Morgan fingerprint density at radius 2 is 1.72 bits per heavy atom. The van der Waals surface area contributed by atoms with E-state index in [0.29, 0.717) is 18.7 Å². The van der Waals surface area contributed by atoms with E-state index in [1.165, 1.54) is 0 Å². The molecule has 4 aromatic rings. The van der Waals surface area contributed by atoms with E-state index in [9.17, 15) is 9.59 Å². The zero-order valence-electron chi connectivity index (χ0n) is 17.3. The van der Waals surface area contributed by atoms with E-state index in [1.807, 2.05) is 84.2 Å². The van der Waals surface area contributed by atoms with E-state index in [4.69, 9.17) is 5.10 Å². The quantitative estimate of drug-likeness (QED) is 0.481. The van der Waals surface area contributed by atoms with Crippen molar-refractivity contribution < 1.29 is 9.59 Å². The van der Waals surface area contributed by atoms with Gasteiger partial charge in [-0.1, -0.05) is 42.5 Å². The van der Waals surface area contributed by atoms with E-state index in [0.717, 1.165) is 28.4 Å². The van der Waals surface area contributed by atoms with Gasteiger partial charge in [-0.25, -0.2) is 4.68 Å². The van der Waals surface area contributed by atoms with Crippen LogP contribution in [0.5, 0.6) is 0 Å². The summed E-state index contributed by atoms with van der Waals surface area (Å²) in [5, 5.41) is 9.66. The first-order valence-corrected chi connectivity index (χ1v) is 11.4. The third-order valence-corrected chi connectivity index (χ3v) is 6.45. The summed E-state index contributed by atoms with van der Waals surface area (Å²) in [6.45, 7) is 0.542. The predicted octanol–water partition coefficient (Wildman–Crippen LogP) is 4.84. The first kappa shape index (κ1) is 20.2. The van der Waals surface area contributed by atoms with E-state index in [2.05, 4.69) is 5.32 Å². The van der Waals surface area contributed by atoms with Crippen molar-refractivity contribution in [1.82, 2.24) is 14.7 Å². The highest BCUT2D eigenvalue weighted by molar-refractivity contribution is 7.13. The Labute approximate surface area is 190 Å². The fourth-order valence-corrected chi connectivity index (χ4v) is 4.70. The van der Waals surface area contributed by atoms with Crippen LogP contribution in [0.4, 0.5) is 5.69 Å². The van der Waals surface area contributed by atoms with Gasteiger partial charge in [0.2, 0.25) is 5.91 Å². The minimum Gasteiger partial charge on any atom is -0.325 e. The lowest BCUT2D eigenvalue weighted by Gasteiger charge is -2.24. The smallest absolute Gasteiger partial charge is 0.273 e. The molecule has 5 rings (SSSR count). The maximum atomic E-state index is 13.7. The molecule has 3 heterocycles. The van der Waals surface area contributed by atoms with E-state index in [-0.39, 0.29) is 11.8 Å². The molecule has 0 saturated carbocycles. The van der Waals surface area contributed by atoms with Gasteiger partial charge in [-0.3, -0.25) is 9.59 Å². The maximum Gasteiger partial charge on any atom is 0.273 e. The summed E-state index contributed by atoms with van der Waals surface area (Å²) in [5.74, 6) is -0.346. The van der Waals surface area contributed by atoms with Crippen LogP contribution in [0.1, 0.15) is 23.3 Å². The maximum absolute atomic E-state index is 13.7. The largest absolute Gasteiger partial charge is 0.325 e. The summed E-state index contributed by atoms with van der Waals surface area (Å²) in [4.78, 5) is 29.3. The van der Waals surface area contributed by atoms with Gasteiger partial charge in [0.1, 0.15) is 17.4 Å². The van der Waals surface area contributed by atoms with Gasteiger partial charge in [-0.15, -0.1) is 11.3 Å². The summed E-state index contributed by atoms with van der Waals surface area (Å²) in [5.41, 5.74) is 2.74. The average Bonchev–Trinajstić information content (AvgIpc) is 3.60. The SMILES string of the molecule is O=C(Nc1ccccc1)C1CCCN1C(=O)c1cc(-c2cccs2)nn1-c1ccccc1. The zero-order valence-corrected chi connectivity index (χ0v) is 18.2. The van der Waals surface area contributed by atoms with E-state index in [1.54, 1.807) is 20.9 Å². The molecule has 7 heteroatoms. The molecule has 0 radical (unpaired) electrons. The number of nitrogens with zero attached hydrogens (tertiary/aromatic N) is 3. The van der Waals surface area contributed by atoms with Crippen molar-refractivity contribution >= 4 is 28.8 Å². The highest BCUT2D eigenvalue weighted by atomic mass is 32.1. The normalized spacial score (nSPS) is 15.6. The summed E-state index contributed by atoms with van der Waals surface area (Å²) < 4.78 is 1.68. The van der Waals surface area contributed by atoms with Gasteiger partial charge in [0, 0.05) is 12.2 Å². The van der Waals surface area contributed by atoms with E-state index >= 15 is 0 Å². The third-order valence-electron chi connectivity index (χ3n) is 5.56. The van der Waals surface area contributed by atoms with Crippen molar-refractivity contribution in [3.8, 4) is 16.3 Å². The summed E-state index contributed by atoms with van der Waals surface area (Å²) >= 11 is 1.58. The highest BCUT2D eigenvalue weighted by Crippen LogP contribution is 2.28. The molecule has 160 valence electrons. The minimum absolute atomic E-state index is 0.161. The lowest BCUT2D eigenvalue weighted by atomic mass is 10.2. The molecule has 32 heavy (non-hydrogen) atoms. The molecule has 2 aromatic heterocycles. The number of aromatic nitrogens is 2. The van der Waals surface area contributed by atoms with Crippen LogP contribution in [0.2, 0.25) is 0 Å². The molecule has 1 aliphatic rings. The molecule has 0 aliphatic carbocycles. The fraction of sp³-hybridized carbons (Fsp3) is 0.160. The molecule has 1 saturated heterocycles. The van der Waals surface area contributed by atoms with Gasteiger partial charge in [-0.05, 0) is 54.6 Å². The van der Waals surface area contributed by atoms with Crippen molar-refractivity contribution in [3.63, 3.8) is 0 Å². The minimum atomic E-state index is -0.507. The Bertz CT molecular complexity index is 1220. The van der Waals surface area contributed by atoms with Crippen LogP contribution in [0.25, 0.3) is 16.3 Å². The van der Waals surface area contributed by atoms with Crippen LogP contribution in [-0.4, -0.2) is 39.1 Å². The molecule has 1 N–H and O–H groups in total. The molecule has 0 spiro atoms. The molecular formula is C25H22N4O2S. The lowest BCUT2D eigenvalue weighted by molar-refractivity contribution is -0.119. The van der Waals surface area contributed by atoms with Crippen molar-refractivity contribution in [3.05, 3.63) is 89.9 Å². The van der Waals surface area contributed by atoms with Crippen molar-refractivity contribution in [1.29, 1.82) is 0 Å². The number of carbonyl (C=O) groups is 2. The fourth-order valence-electron chi connectivity index (χ4n) is 4.02. The number of benzene rings is 2. The predicted molar refractivity (Wildman–Crippen MR) is 126 cm³/mol. The summed E-state index contributed by atoms with van der Waals surface area (Å²) in [6, 6.07) is 24.2. The number of hydrogen-bond acceptors (Lipinski definition) is 4. The van der Waals surface area contributed by atoms with Crippen LogP contribution < -0.4 is 5.32 Å². The van der Waals surface area contributed by atoms with Crippen molar-refractivity contribution in [2.24, 2.45) is 0 Å². The average molecular weight is 443 g/mol. The van der Waals surface area contributed by atoms with Crippen molar-refractivity contribution in [2.45, 2.75) is 18.9 Å². The van der Waals surface area contributed by atoms with Gasteiger partial charge >= 0.3 is 0 Å². The Hall–Kier alpha value is -3.71. The number of rotatable bonds is 5. The van der Waals surface area contributed by atoms with Gasteiger partial charge in [0.15, 0.2) is 0 Å². The molecule has 1 fully saturated rings. The van der Waals surface area contributed by atoms with Gasteiger partial charge in [0.25, 0.3) is 5.91 Å². The standard InChI is InChI=1S/C25H22N4O2S/c30-24(26-18-9-3-1-4-10-18)21-13-7-15-28(21)25(31)22-17-20(23-14-8-16-32-23)27-29(22)19-11-5-2-6-12-19/h1-6,8-12,14,16-17,21H,7,13,15H2,(H,26,30). The molecule has 1 unspecified atom stereocenters. The van der Waals surface area contributed by atoms with Gasteiger partial charge < -0.3 is 10.2 Å². The number of thiophene rings is 1. The molecular weight excluding hydrogens is 420 g/mol. The number of likely N-dealkylation sites (tertiary alicyclic amines) is 1. The molecule has 1 aliphatic heterocycles. The molecule has 6 nitrogen and oxygen atoms in total. The topological polar surface area (TPSA) is 67.2 Å². The molecule has 2 amide bonds. The summed E-state index contributed by atoms with van der Waals surface area (Å²) in [6.07, 6.45) is 1.43. The first-order valence-electron chi connectivity index (χ1n) is 10.6. The Morgan fingerprint density at radius 1 is 0.969 bits per heavy atom. The van der Waals surface area contributed by atoms with Crippen LogP contribution in [0.3, 0.4) is 0 Å². The van der Waals surface area contributed by atoms with Crippen LogP contribution in [0, 0.1) is 0 Å². The number of anilines is 1. The van der Waals surface area contributed by atoms with Crippen LogP contribution in [0.15, 0.2) is 84.2 Å². The van der Waals surface area contributed by atoms with Crippen LogP contribution in [-0.2, 0) is 4.79 Å². The zero-order chi connectivity index (χ0) is 21.9. The van der Waals surface area contributed by atoms with Gasteiger partial charge in [0.05, 0.1) is 10.6 Å². The van der Waals surface area contributed by atoms with Gasteiger partial charge in [-0.2, -0.15) is 5.10 Å². The second kappa shape index (κ2) is 8.80. The summed E-state index contributed by atoms with van der Waals surface area (Å²) in [7, 11) is 0. The van der Waals surface area contributed by atoms with E-state index < -0.39 is 6.04 Å². The second-order valence-corrected chi connectivity index (χ2v) is 8.60. The molecule has 2 aromatic carbocycles. The van der Waals surface area contributed by atoms with Crippen LogP contribution >= 0.6 is 11.3 Å². The Morgan fingerprint density at radius 3 is 2.44 bits per heavy atom. The number of carbonyl (C=O) groups excluding carboxylic acids is 2. The lowest BCUT2D eigenvalue weighted by Crippen LogP contribution is -2.43. The second-order valence-electron chi connectivity index (χ2n) is 7.65. The number of amides is 2. The monoisotopic (exact) mass is 442 g/mol. The highest BCUT2D eigenvalue weighted by Gasteiger charge is 2.36. The van der Waals surface area contributed by atoms with Crippen molar-refractivity contribution in [2.75, 3.05) is 11.9 Å². The third kappa shape index (κ3) is 3.94. The number of hydrogen-bond donors (Lipinski definition) is 1. The Balaban J connectivity index is 1.47. The molecule has 0 bridgehead atoms. The number of nitrogens with one attached hydrogen (secondary N) is 1. The molecule has 1 atom stereocenters.